The largest absolute Gasteiger partial charge is 0.298 e. The summed E-state index contributed by atoms with van der Waals surface area (Å²) in [6.07, 6.45) is 4.62. The molecule has 1 atom stereocenters. The van der Waals surface area contributed by atoms with Crippen LogP contribution >= 0.6 is 23.1 Å². The summed E-state index contributed by atoms with van der Waals surface area (Å²) in [5.74, 6) is 0.279. The van der Waals surface area contributed by atoms with Crippen molar-refractivity contribution >= 4 is 39.1 Å². The van der Waals surface area contributed by atoms with Gasteiger partial charge in [0.25, 0.3) is 5.56 Å². The monoisotopic (exact) mass is 370 g/mol. The molecule has 0 amide bonds. The number of Topliss-reactive ketones (excluding diaryl/α,β-unsaturated/α-hetero) is 1. The topological polar surface area (TPSA) is 52.0 Å². The van der Waals surface area contributed by atoms with E-state index >= 15 is 0 Å². The molecule has 0 aliphatic heterocycles. The molecule has 0 N–H and O–H groups in total. The minimum atomic E-state index is -0.111. The van der Waals surface area contributed by atoms with Crippen LogP contribution in [0.3, 0.4) is 0 Å². The Kier molecular flexibility index (Phi) is 4.72. The number of nitrogens with zero attached hydrogens (tertiary/aromatic N) is 2. The predicted octanol–water partition coefficient (Wildman–Crippen LogP) is 4.44. The Balaban J connectivity index is 1.84. The molecule has 1 aromatic carbocycles. The average molecular weight is 370 g/mol. The molecule has 1 fully saturated rings. The smallest absolute Gasteiger partial charge is 0.276 e. The van der Waals surface area contributed by atoms with Gasteiger partial charge in [0.15, 0.2) is 5.16 Å². The van der Waals surface area contributed by atoms with Crippen LogP contribution in [0.2, 0.25) is 0 Å². The fourth-order valence-electron chi connectivity index (χ4n) is 3.16. The first-order valence-electron chi connectivity index (χ1n) is 8.49. The number of carbonyl (C=O) groups is 1. The molecule has 128 valence electrons. The van der Waals surface area contributed by atoms with Crippen molar-refractivity contribution in [3.8, 4) is 5.69 Å². The van der Waals surface area contributed by atoms with Gasteiger partial charge >= 0.3 is 0 Å². The van der Waals surface area contributed by atoms with Gasteiger partial charge in [-0.3, -0.25) is 14.2 Å². The average Bonchev–Trinajstić information content (AvgIpc) is 3.01. The molecule has 4 rings (SSSR count). The summed E-state index contributed by atoms with van der Waals surface area (Å²) in [5, 5.41) is 2.39. The van der Waals surface area contributed by atoms with E-state index in [4.69, 9.17) is 4.98 Å². The fraction of sp³-hybridized carbons (Fsp3) is 0.316. The number of hydrogen-bond acceptors (Lipinski definition) is 5. The Morgan fingerprint density at radius 2 is 1.92 bits per heavy atom. The molecule has 6 heteroatoms. The Hall–Kier alpha value is -1.92. The standard InChI is InChI=1S/C19H18N2O2S2/c22-15-9-5-2-6-10-16(15)25-19-20-14-11-12-24-17(14)18(23)21(19)13-7-3-1-4-8-13/h1,3-4,7-8,11-12,16H,2,5-6,9-10H2. The maximum Gasteiger partial charge on any atom is 0.276 e. The molecule has 0 bridgehead atoms. The second kappa shape index (κ2) is 7.14. The molecule has 1 aliphatic carbocycles. The van der Waals surface area contributed by atoms with E-state index < -0.39 is 0 Å². The van der Waals surface area contributed by atoms with Crippen LogP contribution < -0.4 is 5.56 Å². The highest BCUT2D eigenvalue weighted by atomic mass is 32.2. The van der Waals surface area contributed by atoms with E-state index in [1.165, 1.54) is 23.1 Å². The van der Waals surface area contributed by atoms with Gasteiger partial charge in [0.05, 0.1) is 16.5 Å². The summed E-state index contributed by atoms with van der Waals surface area (Å²) in [5.41, 5.74) is 1.44. The highest BCUT2D eigenvalue weighted by molar-refractivity contribution is 8.00. The SMILES string of the molecule is O=C1CCCCCC1Sc1nc2ccsc2c(=O)n1-c1ccccc1. The number of benzene rings is 1. The number of rotatable bonds is 3. The van der Waals surface area contributed by atoms with Crippen molar-refractivity contribution in [1.82, 2.24) is 9.55 Å². The van der Waals surface area contributed by atoms with Gasteiger partial charge in [0.2, 0.25) is 0 Å². The highest BCUT2D eigenvalue weighted by Crippen LogP contribution is 2.32. The lowest BCUT2D eigenvalue weighted by atomic mass is 10.2. The van der Waals surface area contributed by atoms with Crippen molar-refractivity contribution in [2.45, 2.75) is 42.5 Å². The number of thioether (sulfide) groups is 1. The van der Waals surface area contributed by atoms with Gasteiger partial charge in [-0.25, -0.2) is 4.98 Å². The molecule has 0 spiro atoms. The van der Waals surface area contributed by atoms with E-state index in [0.717, 1.165) is 31.4 Å². The molecule has 0 saturated heterocycles. The second-order valence-corrected chi connectivity index (χ2v) is 8.26. The van der Waals surface area contributed by atoms with Crippen LogP contribution in [0, 0.1) is 0 Å². The number of ketones is 1. The Labute approximate surface area is 153 Å². The first-order valence-corrected chi connectivity index (χ1v) is 10.2. The molecule has 0 radical (unpaired) electrons. The number of thiophene rings is 1. The first-order chi connectivity index (χ1) is 12.2. The third kappa shape index (κ3) is 3.28. The van der Waals surface area contributed by atoms with Gasteiger partial charge in [-0.05, 0) is 36.4 Å². The number of carbonyl (C=O) groups excluding carboxylic acids is 1. The summed E-state index contributed by atoms with van der Waals surface area (Å²) >= 11 is 2.86. The van der Waals surface area contributed by atoms with E-state index in [0.29, 0.717) is 21.8 Å². The lowest BCUT2D eigenvalue weighted by molar-refractivity contribution is -0.118. The minimum Gasteiger partial charge on any atom is -0.298 e. The molecule has 3 aromatic rings. The molecular weight excluding hydrogens is 352 g/mol. The minimum absolute atomic E-state index is 0.0604. The molecule has 1 unspecified atom stereocenters. The van der Waals surface area contributed by atoms with Crippen molar-refractivity contribution in [3.63, 3.8) is 0 Å². The Morgan fingerprint density at radius 3 is 2.76 bits per heavy atom. The van der Waals surface area contributed by atoms with Crippen molar-refractivity contribution in [2.75, 3.05) is 0 Å². The van der Waals surface area contributed by atoms with Crippen LogP contribution in [-0.2, 0) is 4.79 Å². The summed E-state index contributed by atoms with van der Waals surface area (Å²) in [6.45, 7) is 0. The van der Waals surface area contributed by atoms with Crippen LogP contribution in [0.4, 0.5) is 0 Å². The molecule has 1 aliphatic rings. The molecule has 2 heterocycles. The summed E-state index contributed by atoms with van der Waals surface area (Å²) in [7, 11) is 0. The number of para-hydroxylation sites is 1. The van der Waals surface area contributed by atoms with Gasteiger partial charge in [-0.1, -0.05) is 42.8 Å². The third-order valence-corrected chi connectivity index (χ3v) is 6.62. The summed E-state index contributed by atoms with van der Waals surface area (Å²) < 4.78 is 2.31. The van der Waals surface area contributed by atoms with E-state index in [9.17, 15) is 9.59 Å². The van der Waals surface area contributed by atoms with Gasteiger partial charge in [-0.15, -0.1) is 11.3 Å². The quantitative estimate of drug-likeness (QED) is 0.505. The Morgan fingerprint density at radius 1 is 1.08 bits per heavy atom. The van der Waals surface area contributed by atoms with Gasteiger partial charge < -0.3 is 0 Å². The van der Waals surface area contributed by atoms with Crippen molar-refractivity contribution in [3.05, 3.63) is 52.1 Å². The van der Waals surface area contributed by atoms with Crippen LogP contribution in [0.25, 0.3) is 15.9 Å². The third-order valence-electron chi connectivity index (χ3n) is 4.46. The van der Waals surface area contributed by atoms with Crippen LogP contribution in [0.1, 0.15) is 32.1 Å². The number of fused-ring (bicyclic) bond motifs is 1. The number of hydrogen-bond donors (Lipinski definition) is 0. The lowest BCUT2D eigenvalue weighted by Gasteiger charge is -2.16. The van der Waals surface area contributed by atoms with Crippen molar-refractivity contribution < 1.29 is 4.79 Å². The van der Waals surface area contributed by atoms with Crippen molar-refractivity contribution in [1.29, 1.82) is 0 Å². The Bertz CT molecular complexity index is 962. The van der Waals surface area contributed by atoms with E-state index in [1.807, 2.05) is 41.8 Å². The van der Waals surface area contributed by atoms with Crippen LogP contribution in [0.15, 0.2) is 51.7 Å². The van der Waals surface area contributed by atoms with Crippen LogP contribution in [0.5, 0.6) is 0 Å². The zero-order valence-electron chi connectivity index (χ0n) is 13.7. The predicted molar refractivity (Wildman–Crippen MR) is 103 cm³/mol. The molecule has 2 aromatic heterocycles. The van der Waals surface area contributed by atoms with E-state index in [-0.39, 0.29) is 16.6 Å². The van der Waals surface area contributed by atoms with E-state index in [2.05, 4.69) is 0 Å². The van der Waals surface area contributed by atoms with Crippen LogP contribution in [-0.4, -0.2) is 20.6 Å². The summed E-state index contributed by atoms with van der Waals surface area (Å²) in [6, 6.07) is 11.4. The van der Waals surface area contributed by atoms with E-state index in [1.54, 1.807) is 4.57 Å². The molecular formula is C19H18N2O2S2. The second-order valence-electron chi connectivity index (χ2n) is 6.18. The molecule has 1 saturated carbocycles. The zero-order chi connectivity index (χ0) is 17.2. The normalized spacial score (nSPS) is 18.4. The fourth-order valence-corrected chi connectivity index (χ4v) is 5.15. The van der Waals surface area contributed by atoms with Gasteiger partial charge in [0, 0.05) is 6.42 Å². The van der Waals surface area contributed by atoms with Crippen molar-refractivity contribution in [2.24, 2.45) is 0 Å². The number of aromatic nitrogens is 2. The van der Waals surface area contributed by atoms with Gasteiger partial charge in [0.1, 0.15) is 10.5 Å². The maximum atomic E-state index is 13.0. The highest BCUT2D eigenvalue weighted by Gasteiger charge is 2.25. The molecule has 25 heavy (non-hydrogen) atoms. The first kappa shape index (κ1) is 16.5. The lowest BCUT2D eigenvalue weighted by Crippen LogP contribution is -2.23. The molecule has 4 nitrogen and oxygen atoms in total. The summed E-state index contributed by atoms with van der Waals surface area (Å²) in [4.78, 5) is 30.2. The maximum absolute atomic E-state index is 13.0. The van der Waals surface area contributed by atoms with Gasteiger partial charge in [-0.2, -0.15) is 0 Å². The zero-order valence-corrected chi connectivity index (χ0v) is 15.3.